The number of anilines is 1. The lowest BCUT2D eigenvalue weighted by molar-refractivity contribution is 0.0697. The van der Waals surface area contributed by atoms with Crippen LogP contribution in [0.4, 0.5) is 5.69 Å². The molecule has 0 atom stereocenters. The minimum Gasteiger partial charge on any atom is -0.508 e. The molecule has 0 bridgehead atoms. The van der Waals surface area contributed by atoms with Crippen molar-refractivity contribution in [2.24, 2.45) is 5.14 Å². The Kier molecular flexibility index (Phi) is 6.98. The molecule has 40 heavy (non-hydrogen) atoms. The molecule has 5 rings (SSSR count). The Morgan fingerprint density at radius 3 is 2.38 bits per heavy atom. The van der Waals surface area contributed by atoms with Crippen molar-refractivity contribution in [2.45, 2.75) is 11.4 Å². The summed E-state index contributed by atoms with van der Waals surface area (Å²) in [5.41, 5.74) is 2.59. The van der Waals surface area contributed by atoms with Crippen LogP contribution in [0.3, 0.4) is 0 Å². The van der Waals surface area contributed by atoms with E-state index < -0.39 is 16.0 Å². The third-order valence-electron chi connectivity index (χ3n) is 6.16. The lowest BCUT2D eigenvalue weighted by atomic mass is 9.90. The Morgan fingerprint density at radius 2 is 1.68 bits per heavy atom. The number of thiocarbonyl (C=S) groups is 1. The molecular weight excluding hydrogens is 554 g/mol. The molecule has 0 saturated carbocycles. The van der Waals surface area contributed by atoms with Gasteiger partial charge in [-0.25, -0.2) is 18.4 Å². The van der Waals surface area contributed by atoms with Crippen molar-refractivity contribution < 1.29 is 27.8 Å². The van der Waals surface area contributed by atoms with Gasteiger partial charge in [0.05, 0.1) is 10.5 Å². The molecule has 12 heteroatoms. The van der Waals surface area contributed by atoms with Crippen molar-refractivity contribution in [1.29, 1.82) is 0 Å². The third kappa shape index (κ3) is 5.50. The van der Waals surface area contributed by atoms with E-state index >= 15 is 0 Å². The highest BCUT2D eigenvalue weighted by Gasteiger charge is 2.22. The number of sulfonamides is 1. The summed E-state index contributed by atoms with van der Waals surface area (Å²) in [4.78, 5) is 24.4. The number of aromatic hydroxyl groups is 1. The van der Waals surface area contributed by atoms with Crippen LogP contribution in [-0.2, 0) is 16.6 Å². The summed E-state index contributed by atoms with van der Waals surface area (Å²) >= 11 is 5.36. The second-order valence-electron chi connectivity index (χ2n) is 8.88. The zero-order valence-electron chi connectivity index (χ0n) is 20.5. The normalized spacial score (nSPS) is 11.4. The maximum absolute atomic E-state index is 12.4. The van der Waals surface area contributed by atoms with E-state index in [1.54, 1.807) is 36.4 Å². The van der Waals surface area contributed by atoms with E-state index in [9.17, 15) is 28.2 Å². The number of carboxylic acids is 1. The molecule has 0 radical (unpaired) electrons. The topological polar surface area (TPSA) is 172 Å². The van der Waals surface area contributed by atoms with Gasteiger partial charge in [0.15, 0.2) is 10.5 Å². The van der Waals surface area contributed by atoms with E-state index in [2.05, 4.69) is 10.6 Å². The molecule has 10 nitrogen and oxygen atoms in total. The van der Waals surface area contributed by atoms with Crippen LogP contribution in [0.25, 0.3) is 33.4 Å². The first-order valence-electron chi connectivity index (χ1n) is 11.7. The Morgan fingerprint density at radius 1 is 0.950 bits per heavy atom. The van der Waals surface area contributed by atoms with Crippen LogP contribution in [0.5, 0.6) is 5.75 Å². The van der Waals surface area contributed by atoms with Crippen molar-refractivity contribution in [3.63, 3.8) is 0 Å². The highest BCUT2D eigenvalue weighted by atomic mass is 32.2. The Bertz CT molecular complexity index is 1930. The van der Waals surface area contributed by atoms with Crippen LogP contribution in [0.15, 0.2) is 93.0 Å². The molecule has 2 aliphatic rings. The molecule has 0 saturated heterocycles. The van der Waals surface area contributed by atoms with Crippen LogP contribution >= 0.6 is 12.2 Å². The third-order valence-corrected chi connectivity index (χ3v) is 7.33. The van der Waals surface area contributed by atoms with Crippen LogP contribution in [0.2, 0.25) is 0 Å². The molecular formula is C28H21N3O7S2. The number of nitrogens with two attached hydrogens (primary N) is 1. The molecule has 3 aromatic rings. The number of benzene rings is 4. The van der Waals surface area contributed by atoms with Crippen LogP contribution < -0.4 is 21.2 Å². The van der Waals surface area contributed by atoms with Gasteiger partial charge in [-0.2, -0.15) is 0 Å². The lowest BCUT2D eigenvalue weighted by Crippen LogP contribution is -2.28. The van der Waals surface area contributed by atoms with Crippen molar-refractivity contribution in [3.8, 4) is 28.2 Å². The van der Waals surface area contributed by atoms with Gasteiger partial charge in [-0.1, -0.05) is 18.2 Å². The highest BCUT2D eigenvalue weighted by molar-refractivity contribution is 7.89. The van der Waals surface area contributed by atoms with Crippen molar-refractivity contribution in [3.05, 3.63) is 100 Å². The van der Waals surface area contributed by atoms with E-state index in [1.165, 1.54) is 42.5 Å². The molecule has 1 aliphatic heterocycles. The maximum Gasteiger partial charge on any atom is 0.336 e. The van der Waals surface area contributed by atoms with Crippen LogP contribution in [0, 0.1) is 0 Å². The quantitative estimate of drug-likeness (QED) is 0.147. The number of nitrogens with one attached hydrogen (secondary N) is 2. The highest BCUT2D eigenvalue weighted by Crippen LogP contribution is 2.42. The van der Waals surface area contributed by atoms with Crippen molar-refractivity contribution in [2.75, 3.05) is 5.32 Å². The van der Waals surface area contributed by atoms with Gasteiger partial charge in [0.25, 0.3) is 0 Å². The number of hydrogen-bond acceptors (Lipinski definition) is 7. The number of aromatic carboxylic acids is 1. The first-order chi connectivity index (χ1) is 19.0. The minimum atomic E-state index is -3.79. The van der Waals surface area contributed by atoms with Gasteiger partial charge >= 0.3 is 5.97 Å². The molecule has 1 aliphatic carbocycles. The van der Waals surface area contributed by atoms with E-state index in [-0.39, 0.29) is 44.6 Å². The molecule has 202 valence electrons. The molecule has 0 fully saturated rings. The number of phenolic OH excluding ortho intramolecular Hbond substituents is 1. The van der Waals surface area contributed by atoms with Crippen LogP contribution in [-0.4, -0.2) is 29.7 Å². The number of carboxylic acid groups (broad SMARTS) is 1. The Labute approximate surface area is 233 Å². The summed E-state index contributed by atoms with van der Waals surface area (Å²) in [5.74, 6) is -0.977. The second-order valence-corrected chi connectivity index (χ2v) is 10.8. The number of fused-ring (bicyclic) bond motifs is 2. The second kappa shape index (κ2) is 10.4. The van der Waals surface area contributed by atoms with Gasteiger partial charge in [0.2, 0.25) is 10.0 Å². The summed E-state index contributed by atoms with van der Waals surface area (Å²) in [6.07, 6.45) is 0. The first kappa shape index (κ1) is 26.8. The monoisotopic (exact) mass is 575 g/mol. The molecule has 0 spiro atoms. The average molecular weight is 576 g/mol. The fraction of sp³-hybridized carbons (Fsp3) is 0.0357. The van der Waals surface area contributed by atoms with Gasteiger partial charge in [-0.3, -0.25) is 4.79 Å². The molecule has 0 amide bonds. The number of hydrogen-bond donors (Lipinski definition) is 5. The molecule has 0 unspecified atom stereocenters. The summed E-state index contributed by atoms with van der Waals surface area (Å²) in [6, 6.07) is 19.5. The number of phenols is 1. The summed E-state index contributed by atoms with van der Waals surface area (Å²) < 4.78 is 28.7. The molecule has 1 heterocycles. The maximum atomic E-state index is 12.4. The average Bonchev–Trinajstić information content (AvgIpc) is 2.90. The minimum absolute atomic E-state index is 0.00356. The van der Waals surface area contributed by atoms with Gasteiger partial charge in [0, 0.05) is 40.9 Å². The van der Waals surface area contributed by atoms with Crippen molar-refractivity contribution in [1.82, 2.24) is 5.32 Å². The smallest absolute Gasteiger partial charge is 0.336 e. The molecule has 6 N–H and O–H groups in total. The number of rotatable bonds is 6. The molecule has 0 aromatic heterocycles. The van der Waals surface area contributed by atoms with Crippen LogP contribution in [0.1, 0.15) is 15.9 Å². The predicted molar refractivity (Wildman–Crippen MR) is 154 cm³/mol. The largest absolute Gasteiger partial charge is 0.508 e. The van der Waals surface area contributed by atoms with E-state index in [4.69, 9.17) is 21.8 Å². The van der Waals surface area contributed by atoms with E-state index in [1.807, 2.05) is 0 Å². The fourth-order valence-corrected chi connectivity index (χ4v) is 5.03. The van der Waals surface area contributed by atoms with Gasteiger partial charge in [0.1, 0.15) is 17.1 Å². The zero-order chi connectivity index (χ0) is 28.6. The SMILES string of the molecule is NS(=O)(=O)c1ccc(CNC(=S)Nc2ccc(-c3c4ccc(=O)cc-4oc4cc(O)ccc34)c(C(=O)O)c2)cc1. The van der Waals surface area contributed by atoms with E-state index in [0.29, 0.717) is 27.8 Å². The molecule has 3 aromatic carbocycles. The number of primary sulfonamides is 1. The number of carbonyl (C=O) groups is 1. The van der Waals surface area contributed by atoms with Gasteiger partial charge in [-0.05, 0) is 71.9 Å². The summed E-state index contributed by atoms with van der Waals surface area (Å²) in [5, 5.41) is 31.9. The van der Waals surface area contributed by atoms with Gasteiger partial charge < -0.3 is 25.3 Å². The Hall–Kier alpha value is -4.78. The van der Waals surface area contributed by atoms with Gasteiger partial charge in [-0.15, -0.1) is 0 Å². The van der Waals surface area contributed by atoms with E-state index in [0.717, 1.165) is 5.56 Å². The fourth-order valence-electron chi connectivity index (χ4n) is 4.32. The summed E-state index contributed by atoms with van der Waals surface area (Å²) in [7, 11) is -3.79. The predicted octanol–water partition coefficient (Wildman–Crippen LogP) is 4.10. The standard InChI is InChI=1S/C28H21N3O7S2/c29-40(36,37)19-6-1-15(2-7-19)14-30-28(39)31-16-3-8-20(23(11-16)27(34)35)26-21-9-4-17(32)12-24(21)38-25-13-18(33)5-10-22(25)26/h1-13,32H,14H2,(H,34,35)(H2,29,36,37)(H2,30,31,39). The zero-order valence-corrected chi connectivity index (χ0v) is 22.2. The van der Waals surface area contributed by atoms with Crippen molar-refractivity contribution >= 4 is 50.0 Å². The lowest BCUT2D eigenvalue weighted by Gasteiger charge is -2.18. The first-order valence-corrected chi connectivity index (χ1v) is 13.7. The Balaban J connectivity index is 1.46. The summed E-state index contributed by atoms with van der Waals surface area (Å²) in [6.45, 7) is 0.278.